The summed E-state index contributed by atoms with van der Waals surface area (Å²) >= 11 is 8.12. The van der Waals surface area contributed by atoms with Gasteiger partial charge in [-0.2, -0.15) is 0 Å². The maximum atomic E-state index is 11.9. The highest BCUT2D eigenvalue weighted by Gasteiger charge is 2.07. The zero-order valence-corrected chi connectivity index (χ0v) is 13.0. The molecule has 1 amide bonds. The SMILES string of the molecule is O=C(NCCc1cccnc1)c1ccc(I)c(Cl)c1. The van der Waals surface area contributed by atoms with Crippen molar-refractivity contribution in [2.24, 2.45) is 0 Å². The van der Waals surface area contributed by atoms with E-state index in [-0.39, 0.29) is 5.91 Å². The van der Waals surface area contributed by atoms with Gasteiger partial charge in [0.25, 0.3) is 5.91 Å². The Hall–Kier alpha value is -1.14. The molecule has 2 aromatic rings. The van der Waals surface area contributed by atoms with E-state index in [4.69, 9.17) is 11.6 Å². The molecule has 0 aliphatic carbocycles. The number of carbonyl (C=O) groups excluding carboxylic acids is 1. The van der Waals surface area contributed by atoms with Crippen LogP contribution in [-0.4, -0.2) is 17.4 Å². The number of hydrogen-bond acceptors (Lipinski definition) is 2. The molecule has 0 saturated heterocycles. The number of aromatic nitrogens is 1. The summed E-state index contributed by atoms with van der Waals surface area (Å²) in [6.45, 7) is 0.578. The zero-order valence-electron chi connectivity index (χ0n) is 10.1. The van der Waals surface area contributed by atoms with Crippen molar-refractivity contribution in [3.05, 3.63) is 62.4 Å². The van der Waals surface area contributed by atoms with E-state index in [1.807, 2.05) is 18.2 Å². The van der Waals surface area contributed by atoms with Gasteiger partial charge in [-0.05, 0) is 58.8 Å². The van der Waals surface area contributed by atoms with Crippen LogP contribution in [-0.2, 0) is 6.42 Å². The molecule has 3 nitrogen and oxygen atoms in total. The van der Waals surface area contributed by atoms with E-state index in [9.17, 15) is 4.79 Å². The summed E-state index contributed by atoms with van der Waals surface area (Å²) in [5.74, 6) is -0.109. The summed E-state index contributed by atoms with van der Waals surface area (Å²) in [4.78, 5) is 15.9. The average molecular weight is 387 g/mol. The number of hydrogen-bond donors (Lipinski definition) is 1. The molecule has 5 heteroatoms. The number of amides is 1. The number of carbonyl (C=O) groups is 1. The third-order valence-corrected chi connectivity index (χ3v) is 4.18. The normalized spacial score (nSPS) is 10.2. The molecule has 1 heterocycles. The fraction of sp³-hybridized carbons (Fsp3) is 0.143. The molecule has 0 fully saturated rings. The largest absolute Gasteiger partial charge is 0.352 e. The van der Waals surface area contributed by atoms with Crippen molar-refractivity contribution in [3.63, 3.8) is 0 Å². The number of nitrogens with zero attached hydrogens (tertiary/aromatic N) is 1. The molecule has 19 heavy (non-hydrogen) atoms. The minimum atomic E-state index is -0.109. The van der Waals surface area contributed by atoms with Crippen molar-refractivity contribution in [2.75, 3.05) is 6.54 Å². The van der Waals surface area contributed by atoms with Gasteiger partial charge in [0.05, 0.1) is 5.02 Å². The first kappa shape index (κ1) is 14.3. The molecule has 0 unspecified atom stereocenters. The van der Waals surface area contributed by atoms with Crippen LogP contribution in [0.2, 0.25) is 5.02 Å². The van der Waals surface area contributed by atoms with Gasteiger partial charge in [-0.25, -0.2) is 0 Å². The molecule has 0 spiro atoms. The van der Waals surface area contributed by atoms with Crippen molar-refractivity contribution in [1.29, 1.82) is 0 Å². The van der Waals surface area contributed by atoms with E-state index in [0.717, 1.165) is 15.6 Å². The standard InChI is InChI=1S/C14H12ClIN2O/c15-12-8-11(3-4-13(12)16)14(19)18-7-5-10-2-1-6-17-9-10/h1-4,6,8-9H,5,7H2,(H,18,19). The molecule has 0 aliphatic heterocycles. The first-order valence-corrected chi connectivity index (χ1v) is 7.24. The Kier molecular flexibility index (Phi) is 5.15. The number of nitrogens with one attached hydrogen (secondary N) is 1. The van der Waals surface area contributed by atoms with E-state index in [0.29, 0.717) is 17.1 Å². The summed E-state index contributed by atoms with van der Waals surface area (Å²) in [7, 11) is 0. The van der Waals surface area contributed by atoms with Crippen molar-refractivity contribution in [2.45, 2.75) is 6.42 Å². The Morgan fingerprint density at radius 2 is 2.21 bits per heavy atom. The Morgan fingerprint density at radius 3 is 2.89 bits per heavy atom. The second-order valence-electron chi connectivity index (χ2n) is 4.00. The van der Waals surface area contributed by atoms with Gasteiger partial charge >= 0.3 is 0 Å². The topological polar surface area (TPSA) is 42.0 Å². The lowest BCUT2D eigenvalue weighted by atomic mass is 10.2. The minimum Gasteiger partial charge on any atom is -0.352 e. The highest BCUT2D eigenvalue weighted by molar-refractivity contribution is 14.1. The van der Waals surface area contributed by atoms with Gasteiger partial charge in [0, 0.05) is 28.1 Å². The molecule has 1 aromatic carbocycles. The highest BCUT2D eigenvalue weighted by atomic mass is 127. The molecular formula is C14H12ClIN2O. The number of benzene rings is 1. The Bertz CT molecular complexity index is 575. The third kappa shape index (κ3) is 4.18. The van der Waals surface area contributed by atoms with Crippen LogP contribution >= 0.6 is 34.2 Å². The maximum Gasteiger partial charge on any atom is 0.251 e. The fourth-order valence-electron chi connectivity index (χ4n) is 1.61. The summed E-state index contributed by atoms with van der Waals surface area (Å²) in [5.41, 5.74) is 1.68. The monoisotopic (exact) mass is 386 g/mol. The lowest BCUT2D eigenvalue weighted by Gasteiger charge is -2.06. The molecule has 98 valence electrons. The van der Waals surface area contributed by atoms with Gasteiger partial charge in [-0.3, -0.25) is 9.78 Å². The predicted octanol–water partition coefficient (Wildman–Crippen LogP) is 3.31. The summed E-state index contributed by atoms with van der Waals surface area (Å²) in [5, 5.41) is 3.46. The third-order valence-electron chi connectivity index (χ3n) is 2.60. The van der Waals surface area contributed by atoms with Gasteiger partial charge in [0.1, 0.15) is 0 Å². The van der Waals surface area contributed by atoms with E-state index < -0.39 is 0 Å². The van der Waals surface area contributed by atoms with Crippen molar-refractivity contribution in [1.82, 2.24) is 10.3 Å². The molecule has 0 saturated carbocycles. The van der Waals surface area contributed by atoms with Crippen LogP contribution in [0.15, 0.2) is 42.7 Å². The van der Waals surface area contributed by atoms with Crippen molar-refractivity contribution >= 4 is 40.1 Å². The van der Waals surface area contributed by atoms with Gasteiger partial charge in [0.2, 0.25) is 0 Å². The minimum absolute atomic E-state index is 0.109. The van der Waals surface area contributed by atoms with Gasteiger partial charge < -0.3 is 5.32 Å². The van der Waals surface area contributed by atoms with Crippen LogP contribution in [0.25, 0.3) is 0 Å². The fourth-order valence-corrected chi connectivity index (χ4v) is 2.12. The molecule has 2 rings (SSSR count). The van der Waals surface area contributed by atoms with Crippen molar-refractivity contribution < 1.29 is 4.79 Å². The van der Waals surface area contributed by atoms with Crippen LogP contribution in [0.3, 0.4) is 0 Å². The second-order valence-corrected chi connectivity index (χ2v) is 5.57. The first-order chi connectivity index (χ1) is 9.16. The summed E-state index contributed by atoms with van der Waals surface area (Å²) < 4.78 is 0.936. The molecule has 0 atom stereocenters. The van der Waals surface area contributed by atoms with Gasteiger partial charge in [-0.15, -0.1) is 0 Å². The molecule has 0 aliphatic rings. The van der Waals surface area contributed by atoms with E-state index in [2.05, 4.69) is 32.9 Å². The maximum absolute atomic E-state index is 11.9. The molecule has 1 N–H and O–H groups in total. The first-order valence-electron chi connectivity index (χ1n) is 5.79. The smallest absolute Gasteiger partial charge is 0.251 e. The Balaban J connectivity index is 1.89. The van der Waals surface area contributed by atoms with Crippen LogP contribution in [0.5, 0.6) is 0 Å². The van der Waals surface area contributed by atoms with Crippen molar-refractivity contribution in [3.8, 4) is 0 Å². The van der Waals surface area contributed by atoms with E-state index in [1.54, 1.807) is 24.5 Å². The van der Waals surface area contributed by atoms with E-state index >= 15 is 0 Å². The lowest BCUT2D eigenvalue weighted by Crippen LogP contribution is -2.25. The van der Waals surface area contributed by atoms with Gasteiger partial charge in [-0.1, -0.05) is 17.7 Å². The average Bonchev–Trinajstić information content (AvgIpc) is 2.43. The second kappa shape index (κ2) is 6.86. The van der Waals surface area contributed by atoms with Crippen LogP contribution in [0.1, 0.15) is 15.9 Å². The number of pyridine rings is 1. The molecule has 0 bridgehead atoms. The highest BCUT2D eigenvalue weighted by Crippen LogP contribution is 2.19. The number of halogens is 2. The summed E-state index contributed by atoms with van der Waals surface area (Å²) in [6.07, 6.45) is 4.29. The number of rotatable bonds is 4. The van der Waals surface area contributed by atoms with E-state index in [1.165, 1.54) is 0 Å². The molecular weight excluding hydrogens is 375 g/mol. The van der Waals surface area contributed by atoms with Crippen LogP contribution < -0.4 is 5.32 Å². The lowest BCUT2D eigenvalue weighted by molar-refractivity contribution is 0.0954. The molecule has 0 radical (unpaired) electrons. The summed E-state index contributed by atoms with van der Waals surface area (Å²) in [6, 6.07) is 9.16. The Morgan fingerprint density at radius 1 is 1.37 bits per heavy atom. The van der Waals surface area contributed by atoms with Crippen LogP contribution in [0, 0.1) is 3.57 Å². The van der Waals surface area contributed by atoms with Crippen LogP contribution in [0.4, 0.5) is 0 Å². The zero-order chi connectivity index (χ0) is 13.7. The van der Waals surface area contributed by atoms with Gasteiger partial charge in [0.15, 0.2) is 0 Å². The quantitative estimate of drug-likeness (QED) is 0.819. The Labute approximate surface area is 130 Å². The predicted molar refractivity (Wildman–Crippen MR) is 84.4 cm³/mol. The molecule has 1 aromatic heterocycles.